The maximum atomic E-state index is 12.9. The third-order valence-electron chi connectivity index (χ3n) is 5.03. The Bertz CT molecular complexity index is 1260. The SMILES string of the molecule is Cc1ccc(NC(=O)COc2ccccc2/C=C2/SC(=O)N(Cc3ccc(Cl)cc3)C2=O)cc1. The number of amides is 3. The number of anilines is 1. The number of imide groups is 1. The molecule has 4 rings (SSSR count). The van der Waals surface area contributed by atoms with E-state index in [2.05, 4.69) is 5.32 Å². The summed E-state index contributed by atoms with van der Waals surface area (Å²) in [5.41, 5.74) is 3.18. The zero-order valence-corrected chi connectivity index (χ0v) is 19.9. The zero-order valence-electron chi connectivity index (χ0n) is 18.3. The van der Waals surface area contributed by atoms with Crippen LogP contribution in [0.5, 0.6) is 5.75 Å². The van der Waals surface area contributed by atoms with Gasteiger partial charge in [0.05, 0.1) is 11.4 Å². The van der Waals surface area contributed by atoms with E-state index in [9.17, 15) is 14.4 Å². The molecule has 0 aromatic heterocycles. The minimum Gasteiger partial charge on any atom is -0.483 e. The van der Waals surface area contributed by atoms with Gasteiger partial charge >= 0.3 is 0 Å². The fraction of sp³-hybridized carbons (Fsp3) is 0.115. The van der Waals surface area contributed by atoms with Crippen molar-refractivity contribution in [1.82, 2.24) is 4.90 Å². The summed E-state index contributed by atoms with van der Waals surface area (Å²) in [7, 11) is 0. The van der Waals surface area contributed by atoms with Crippen LogP contribution in [0.3, 0.4) is 0 Å². The van der Waals surface area contributed by atoms with Crippen molar-refractivity contribution in [3.05, 3.63) is 99.4 Å². The highest BCUT2D eigenvalue weighted by Crippen LogP contribution is 2.35. The van der Waals surface area contributed by atoms with Gasteiger partial charge in [-0.25, -0.2) is 0 Å². The minimum atomic E-state index is -0.378. The molecule has 0 radical (unpaired) electrons. The third-order valence-corrected chi connectivity index (χ3v) is 6.19. The van der Waals surface area contributed by atoms with Crippen LogP contribution >= 0.6 is 23.4 Å². The molecule has 0 saturated carbocycles. The molecular formula is C26H21ClN2O4S. The molecule has 0 bridgehead atoms. The van der Waals surface area contributed by atoms with E-state index in [1.165, 1.54) is 4.90 Å². The molecule has 1 heterocycles. The Morgan fingerprint density at radius 1 is 1.03 bits per heavy atom. The number of nitrogens with one attached hydrogen (secondary N) is 1. The summed E-state index contributed by atoms with van der Waals surface area (Å²) < 4.78 is 5.71. The summed E-state index contributed by atoms with van der Waals surface area (Å²) in [4.78, 5) is 39.1. The number of hydrogen-bond acceptors (Lipinski definition) is 5. The van der Waals surface area contributed by atoms with Crippen LogP contribution < -0.4 is 10.1 Å². The second kappa shape index (κ2) is 10.6. The largest absolute Gasteiger partial charge is 0.483 e. The smallest absolute Gasteiger partial charge is 0.293 e. The summed E-state index contributed by atoms with van der Waals surface area (Å²) >= 11 is 6.78. The molecule has 172 valence electrons. The number of nitrogens with zero attached hydrogens (tertiary/aromatic N) is 1. The average molecular weight is 493 g/mol. The lowest BCUT2D eigenvalue weighted by molar-refractivity contribution is -0.123. The van der Waals surface area contributed by atoms with E-state index in [0.29, 0.717) is 26.9 Å². The monoisotopic (exact) mass is 492 g/mol. The lowest BCUT2D eigenvalue weighted by Crippen LogP contribution is -2.27. The maximum Gasteiger partial charge on any atom is 0.293 e. The van der Waals surface area contributed by atoms with Crippen LogP contribution in [-0.2, 0) is 16.1 Å². The Morgan fingerprint density at radius 3 is 2.47 bits per heavy atom. The van der Waals surface area contributed by atoms with Gasteiger partial charge in [-0.15, -0.1) is 0 Å². The number of carbonyl (C=O) groups excluding carboxylic acids is 3. The average Bonchev–Trinajstić information content (AvgIpc) is 3.08. The quantitative estimate of drug-likeness (QED) is 0.415. The van der Waals surface area contributed by atoms with Crippen LogP contribution in [0, 0.1) is 6.92 Å². The fourth-order valence-electron chi connectivity index (χ4n) is 3.26. The summed E-state index contributed by atoms with van der Waals surface area (Å²) in [6.45, 7) is 1.94. The standard InChI is InChI=1S/C26H21ClN2O4S/c1-17-6-12-21(13-7-17)28-24(30)16-33-22-5-3-2-4-19(22)14-23-25(31)29(26(32)34-23)15-18-8-10-20(27)11-9-18/h2-14H,15-16H2,1H3,(H,28,30)/b23-14+. The van der Waals surface area contributed by atoms with Gasteiger partial charge in [-0.05, 0) is 60.7 Å². The van der Waals surface area contributed by atoms with E-state index in [0.717, 1.165) is 22.9 Å². The highest BCUT2D eigenvalue weighted by molar-refractivity contribution is 8.18. The molecule has 0 unspecified atom stereocenters. The van der Waals surface area contributed by atoms with E-state index >= 15 is 0 Å². The molecular weight excluding hydrogens is 472 g/mol. The number of ether oxygens (including phenoxy) is 1. The number of benzene rings is 3. The van der Waals surface area contributed by atoms with Gasteiger partial charge in [-0.3, -0.25) is 19.3 Å². The number of halogens is 1. The summed E-state index contributed by atoms with van der Waals surface area (Å²) in [5.74, 6) is -0.245. The fourth-order valence-corrected chi connectivity index (χ4v) is 4.21. The van der Waals surface area contributed by atoms with E-state index in [4.69, 9.17) is 16.3 Å². The number of aryl methyl sites for hydroxylation is 1. The van der Waals surface area contributed by atoms with Gasteiger partial charge < -0.3 is 10.1 Å². The Hall–Kier alpha value is -3.55. The van der Waals surface area contributed by atoms with Gasteiger partial charge in [0.2, 0.25) is 0 Å². The highest BCUT2D eigenvalue weighted by Gasteiger charge is 2.35. The van der Waals surface area contributed by atoms with Gasteiger partial charge in [0, 0.05) is 16.3 Å². The molecule has 3 aromatic carbocycles. The molecule has 3 aromatic rings. The number of thioether (sulfide) groups is 1. The Labute approximate surface area is 206 Å². The van der Waals surface area contributed by atoms with Gasteiger partial charge in [-0.1, -0.05) is 59.6 Å². The second-order valence-corrected chi connectivity index (χ2v) is 9.06. The van der Waals surface area contributed by atoms with Crippen LogP contribution in [0.15, 0.2) is 77.7 Å². The maximum absolute atomic E-state index is 12.9. The lowest BCUT2D eigenvalue weighted by atomic mass is 10.1. The topological polar surface area (TPSA) is 75.7 Å². The first kappa shape index (κ1) is 23.6. The van der Waals surface area contributed by atoms with Gasteiger partial charge in [-0.2, -0.15) is 0 Å². The molecule has 0 spiro atoms. The van der Waals surface area contributed by atoms with E-state index < -0.39 is 0 Å². The number of carbonyl (C=O) groups is 3. The summed E-state index contributed by atoms with van der Waals surface area (Å²) in [5, 5.41) is 3.02. The molecule has 6 nitrogen and oxygen atoms in total. The molecule has 1 saturated heterocycles. The van der Waals surface area contributed by atoms with Crippen molar-refractivity contribution in [3.8, 4) is 5.75 Å². The van der Waals surface area contributed by atoms with Crippen molar-refractivity contribution in [3.63, 3.8) is 0 Å². The van der Waals surface area contributed by atoms with Crippen molar-refractivity contribution in [2.45, 2.75) is 13.5 Å². The molecule has 1 fully saturated rings. The van der Waals surface area contributed by atoms with Crippen LogP contribution in [-0.4, -0.2) is 28.6 Å². The van der Waals surface area contributed by atoms with Crippen molar-refractivity contribution >= 4 is 52.2 Å². The molecule has 0 aliphatic carbocycles. The lowest BCUT2D eigenvalue weighted by Gasteiger charge is -2.12. The number of rotatable bonds is 7. The molecule has 3 amide bonds. The van der Waals surface area contributed by atoms with Crippen molar-refractivity contribution in [2.75, 3.05) is 11.9 Å². The Morgan fingerprint density at radius 2 is 1.74 bits per heavy atom. The van der Waals surface area contributed by atoms with E-state index in [1.807, 2.05) is 31.2 Å². The zero-order chi connectivity index (χ0) is 24.1. The number of para-hydroxylation sites is 1. The molecule has 1 aliphatic heterocycles. The first-order chi connectivity index (χ1) is 16.4. The molecule has 1 aliphatic rings. The van der Waals surface area contributed by atoms with E-state index in [-0.39, 0.29) is 30.2 Å². The predicted octanol–water partition coefficient (Wildman–Crippen LogP) is 5.90. The Balaban J connectivity index is 1.43. The third kappa shape index (κ3) is 5.87. The molecule has 8 heteroatoms. The predicted molar refractivity (Wildman–Crippen MR) is 135 cm³/mol. The minimum absolute atomic E-state index is 0.163. The van der Waals surface area contributed by atoms with Crippen molar-refractivity contribution in [1.29, 1.82) is 0 Å². The molecule has 0 atom stereocenters. The summed E-state index contributed by atoms with van der Waals surface area (Å²) in [6.07, 6.45) is 1.61. The number of hydrogen-bond donors (Lipinski definition) is 1. The Kier molecular flexibility index (Phi) is 7.35. The van der Waals surface area contributed by atoms with Gasteiger partial charge in [0.1, 0.15) is 5.75 Å². The molecule has 34 heavy (non-hydrogen) atoms. The van der Waals surface area contributed by atoms with E-state index in [1.54, 1.807) is 54.6 Å². The van der Waals surface area contributed by atoms with Crippen LogP contribution in [0.2, 0.25) is 5.02 Å². The van der Waals surface area contributed by atoms with Crippen molar-refractivity contribution < 1.29 is 19.1 Å². The van der Waals surface area contributed by atoms with Crippen molar-refractivity contribution in [2.24, 2.45) is 0 Å². The first-order valence-corrected chi connectivity index (χ1v) is 11.7. The summed E-state index contributed by atoms with van der Waals surface area (Å²) in [6, 6.07) is 21.5. The molecule has 1 N–H and O–H groups in total. The highest BCUT2D eigenvalue weighted by atomic mass is 35.5. The van der Waals surface area contributed by atoms with Crippen LogP contribution in [0.4, 0.5) is 10.5 Å². The van der Waals surface area contributed by atoms with Gasteiger partial charge in [0.25, 0.3) is 17.1 Å². The van der Waals surface area contributed by atoms with Crippen LogP contribution in [0.1, 0.15) is 16.7 Å². The second-order valence-electron chi connectivity index (χ2n) is 7.64. The van der Waals surface area contributed by atoms with Gasteiger partial charge in [0.15, 0.2) is 6.61 Å². The normalized spacial score (nSPS) is 14.5. The first-order valence-electron chi connectivity index (χ1n) is 10.5. The van der Waals surface area contributed by atoms with Crippen LogP contribution in [0.25, 0.3) is 6.08 Å².